The Balaban J connectivity index is 2.38. The molecule has 0 atom stereocenters. The van der Waals surface area contributed by atoms with Crippen LogP contribution in [-0.4, -0.2) is 23.1 Å². The van der Waals surface area contributed by atoms with Gasteiger partial charge in [0.25, 0.3) is 0 Å². The number of carboxylic acids is 1. The van der Waals surface area contributed by atoms with E-state index in [0.717, 1.165) is 11.3 Å². The number of hydrogen-bond acceptors (Lipinski definition) is 5. The van der Waals surface area contributed by atoms with Crippen LogP contribution in [0.3, 0.4) is 0 Å². The summed E-state index contributed by atoms with van der Waals surface area (Å²) in [6, 6.07) is 9.19. The standard InChI is InChI=1S/C12H9N3O2S/c1-15(9-5-3-2-4-8(9)6-13)12-14-7-10(18-12)11(16)17/h2-5,7H,1H3,(H,16,17). The molecule has 0 aliphatic heterocycles. The molecule has 0 saturated carbocycles. The molecule has 0 amide bonds. The lowest BCUT2D eigenvalue weighted by atomic mass is 10.2. The van der Waals surface area contributed by atoms with Gasteiger partial charge in [-0.05, 0) is 12.1 Å². The molecule has 0 radical (unpaired) electrons. The molecule has 0 aliphatic rings. The van der Waals surface area contributed by atoms with Gasteiger partial charge in [-0.2, -0.15) is 5.26 Å². The maximum atomic E-state index is 10.8. The SMILES string of the molecule is CN(c1ncc(C(=O)O)s1)c1ccccc1C#N. The maximum absolute atomic E-state index is 10.8. The molecule has 0 unspecified atom stereocenters. The summed E-state index contributed by atoms with van der Waals surface area (Å²) >= 11 is 1.07. The van der Waals surface area contributed by atoms with Gasteiger partial charge in [-0.3, -0.25) is 0 Å². The van der Waals surface area contributed by atoms with Crippen molar-refractivity contribution >= 4 is 28.1 Å². The van der Waals surface area contributed by atoms with Crippen LogP contribution < -0.4 is 4.90 Å². The molecule has 1 N–H and O–H groups in total. The minimum Gasteiger partial charge on any atom is -0.477 e. The number of hydrogen-bond donors (Lipinski definition) is 1. The third-order valence-electron chi connectivity index (χ3n) is 2.38. The Kier molecular flexibility index (Phi) is 3.26. The monoisotopic (exact) mass is 259 g/mol. The highest BCUT2D eigenvalue weighted by molar-refractivity contribution is 7.17. The van der Waals surface area contributed by atoms with Crippen molar-refractivity contribution in [2.75, 3.05) is 11.9 Å². The Labute approximate surface area is 108 Å². The Bertz CT molecular complexity index is 630. The van der Waals surface area contributed by atoms with Crippen molar-refractivity contribution < 1.29 is 9.90 Å². The van der Waals surface area contributed by atoms with Crippen LogP contribution in [0, 0.1) is 11.3 Å². The van der Waals surface area contributed by atoms with E-state index < -0.39 is 5.97 Å². The van der Waals surface area contributed by atoms with E-state index in [1.807, 2.05) is 6.07 Å². The zero-order valence-corrected chi connectivity index (χ0v) is 10.3. The fourth-order valence-electron chi connectivity index (χ4n) is 1.48. The molecule has 6 heteroatoms. The van der Waals surface area contributed by atoms with Crippen LogP contribution in [0.15, 0.2) is 30.5 Å². The van der Waals surface area contributed by atoms with Gasteiger partial charge >= 0.3 is 5.97 Å². The molecule has 1 heterocycles. The predicted octanol–water partition coefficient (Wildman–Crippen LogP) is 2.48. The van der Waals surface area contributed by atoms with Crippen LogP contribution >= 0.6 is 11.3 Å². The molecule has 0 bridgehead atoms. The first kappa shape index (κ1) is 12.1. The lowest BCUT2D eigenvalue weighted by Gasteiger charge is -2.16. The summed E-state index contributed by atoms with van der Waals surface area (Å²) in [6.45, 7) is 0. The van der Waals surface area contributed by atoms with Crippen molar-refractivity contribution in [1.82, 2.24) is 4.98 Å². The number of anilines is 2. The average molecular weight is 259 g/mol. The van der Waals surface area contributed by atoms with E-state index in [9.17, 15) is 4.79 Å². The lowest BCUT2D eigenvalue weighted by molar-refractivity contribution is 0.0702. The predicted molar refractivity (Wildman–Crippen MR) is 68.3 cm³/mol. The van der Waals surface area contributed by atoms with Crippen molar-refractivity contribution in [3.05, 3.63) is 40.9 Å². The van der Waals surface area contributed by atoms with Crippen molar-refractivity contribution in [3.8, 4) is 6.07 Å². The second-order valence-electron chi connectivity index (χ2n) is 3.50. The first-order valence-electron chi connectivity index (χ1n) is 5.05. The molecular formula is C12H9N3O2S. The summed E-state index contributed by atoms with van der Waals surface area (Å²) in [5.41, 5.74) is 1.22. The second-order valence-corrected chi connectivity index (χ2v) is 4.51. The number of carboxylic acid groups (broad SMARTS) is 1. The van der Waals surface area contributed by atoms with Crippen LogP contribution in [0.25, 0.3) is 0 Å². The van der Waals surface area contributed by atoms with Gasteiger partial charge in [0, 0.05) is 7.05 Å². The van der Waals surface area contributed by atoms with E-state index in [-0.39, 0.29) is 4.88 Å². The van der Waals surface area contributed by atoms with E-state index in [2.05, 4.69) is 11.1 Å². The Morgan fingerprint density at radius 1 is 1.50 bits per heavy atom. The minimum atomic E-state index is -0.999. The molecule has 2 rings (SSSR count). The van der Waals surface area contributed by atoms with Crippen molar-refractivity contribution in [2.45, 2.75) is 0 Å². The van der Waals surface area contributed by atoms with E-state index in [1.165, 1.54) is 6.20 Å². The summed E-state index contributed by atoms with van der Waals surface area (Å²) in [5, 5.41) is 18.4. The van der Waals surface area contributed by atoms with Gasteiger partial charge in [-0.15, -0.1) is 0 Å². The third-order valence-corrected chi connectivity index (χ3v) is 3.44. The molecular weight excluding hydrogens is 250 g/mol. The average Bonchev–Trinajstić information content (AvgIpc) is 2.87. The van der Waals surface area contributed by atoms with Crippen LogP contribution in [-0.2, 0) is 0 Å². The normalized spacial score (nSPS) is 9.78. The third kappa shape index (κ3) is 2.17. The first-order valence-corrected chi connectivity index (χ1v) is 5.87. The highest BCUT2D eigenvalue weighted by Crippen LogP contribution is 2.29. The molecule has 18 heavy (non-hydrogen) atoms. The maximum Gasteiger partial charge on any atom is 0.347 e. The number of rotatable bonds is 3. The summed E-state index contributed by atoms with van der Waals surface area (Å²) in [5.74, 6) is -0.999. The molecule has 0 spiro atoms. The summed E-state index contributed by atoms with van der Waals surface area (Å²) in [7, 11) is 1.75. The van der Waals surface area contributed by atoms with Gasteiger partial charge in [-0.1, -0.05) is 23.5 Å². The Morgan fingerprint density at radius 3 is 2.83 bits per heavy atom. The van der Waals surface area contributed by atoms with Gasteiger partial charge in [0.2, 0.25) is 0 Å². The smallest absolute Gasteiger partial charge is 0.347 e. The summed E-state index contributed by atoms with van der Waals surface area (Å²) < 4.78 is 0. The summed E-state index contributed by atoms with van der Waals surface area (Å²) in [4.78, 5) is 16.7. The first-order chi connectivity index (χ1) is 8.63. The molecule has 2 aromatic rings. The Hall–Kier alpha value is -2.39. The van der Waals surface area contributed by atoms with Gasteiger partial charge in [0.1, 0.15) is 10.9 Å². The second kappa shape index (κ2) is 4.85. The van der Waals surface area contributed by atoms with E-state index >= 15 is 0 Å². The number of benzene rings is 1. The number of para-hydroxylation sites is 1. The van der Waals surface area contributed by atoms with Crippen molar-refractivity contribution in [2.24, 2.45) is 0 Å². The Morgan fingerprint density at radius 2 is 2.22 bits per heavy atom. The van der Waals surface area contributed by atoms with Gasteiger partial charge in [0.05, 0.1) is 17.4 Å². The molecule has 90 valence electrons. The van der Waals surface area contributed by atoms with Crippen molar-refractivity contribution in [1.29, 1.82) is 5.26 Å². The van der Waals surface area contributed by atoms with E-state index in [4.69, 9.17) is 10.4 Å². The lowest BCUT2D eigenvalue weighted by Crippen LogP contribution is -2.10. The topological polar surface area (TPSA) is 77.2 Å². The van der Waals surface area contributed by atoms with Gasteiger partial charge in [-0.25, -0.2) is 9.78 Å². The minimum absolute atomic E-state index is 0.172. The number of nitrogens with zero attached hydrogens (tertiary/aromatic N) is 3. The quantitative estimate of drug-likeness (QED) is 0.916. The molecule has 0 fully saturated rings. The molecule has 0 saturated heterocycles. The number of thiazole rings is 1. The molecule has 5 nitrogen and oxygen atoms in total. The molecule has 0 aliphatic carbocycles. The zero-order chi connectivity index (χ0) is 13.1. The fraction of sp³-hybridized carbons (Fsp3) is 0.0833. The van der Waals surface area contributed by atoms with Gasteiger partial charge in [0.15, 0.2) is 5.13 Å². The van der Waals surface area contributed by atoms with Crippen LogP contribution in [0.1, 0.15) is 15.2 Å². The zero-order valence-electron chi connectivity index (χ0n) is 9.49. The highest BCUT2D eigenvalue weighted by Gasteiger charge is 2.14. The largest absolute Gasteiger partial charge is 0.477 e. The van der Waals surface area contributed by atoms with Gasteiger partial charge < -0.3 is 10.0 Å². The summed E-state index contributed by atoms with van der Waals surface area (Å²) in [6.07, 6.45) is 1.31. The van der Waals surface area contributed by atoms with Crippen LogP contribution in [0.4, 0.5) is 10.8 Å². The fourth-order valence-corrected chi connectivity index (χ4v) is 2.21. The number of nitriles is 1. The highest BCUT2D eigenvalue weighted by atomic mass is 32.1. The number of carbonyl (C=O) groups is 1. The number of aromatic carboxylic acids is 1. The van der Waals surface area contributed by atoms with Crippen LogP contribution in [0.2, 0.25) is 0 Å². The van der Waals surface area contributed by atoms with Crippen molar-refractivity contribution in [3.63, 3.8) is 0 Å². The van der Waals surface area contributed by atoms with E-state index in [0.29, 0.717) is 16.4 Å². The van der Waals surface area contributed by atoms with Crippen LogP contribution in [0.5, 0.6) is 0 Å². The molecule has 1 aromatic heterocycles. The van der Waals surface area contributed by atoms with E-state index in [1.54, 1.807) is 30.1 Å². The molecule has 1 aromatic carbocycles. The number of aromatic nitrogens is 1.